The third kappa shape index (κ3) is 3.82. The molecule has 3 heteroatoms. The Morgan fingerprint density at radius 1 is 1.47 bits per heavy atom. The molecule has 0 spiro atoms. The molecule has 0 aromatic carbocycles. The van der Waals surface area contributed by atoms with Gasteiger partial charge < -0.3 is 10.0 Å². The molecule has 3 nitrogen and oxygen atoms in total. The van der Waals surface area contributed by atoms with Gasteiger partial charge in [0, 0.05) is 19.0 Å². The van der Waals surface area contributed by atoms with Crippen molar-refractivity contribution in [2.24, 2.45) is 0 Å². The van der Waals surface area contributed by atoms with E-state index in [-0.39, 0.29) is 12.0 Å². The first-order valence-electron chi connectivity index (χ1n) is 6.12. The summed E-state index contributed by atoms with van der Waals surface area (Å²) >= 11 is 0. The Morgan fingerprint density at radius 3 is 2.53 bits per heavy atom. The van der Waals surface area contributed by atoms with Gasteiger partial charge in [-0.05, 0) is 33.1 Å². The minimum Gasteiger partial charge on any atom is -0.393 e. The van der Waals surface area contributed by atoms with Crippen molar-refractivity contribution in [3.8, 4) is 0 Å². The van der Waals surface area contributed by atoms with Crippen LogP contribution in [0, 0.1) is 0 Å². The standard InChI is InChI=1S/C12H23NO2/c1-3-13(11-6-4-5-7-11)12(15)9-8-10(2)14/h10-11,14H,3-9H2,1-2H3. The van der Waals surface area contributed by atoms with E-state index in [1.807, 2.05) is 11.8 Å². The third-order valence-corrected chi connectivity index (χ3v) is 3.20. The summed E-state index contributed by atoms with van der Waals surface area (Å²) in [5.41, 5.74) is 0. The molecule has 0 aliphatic heterocycles. The maximum absolute atomic E-state index is 11.9. The topological polar surface area (TPSA) is 40.5 Å². The fourth-order valence-electron chi connectivity index (χ4n) is 2.33. The molecule has 1 N–H and O–H groups in total. The summed E-state index contributed by atoms with van der Waals surface area (Å²) in [5.74, 6) is 0.213. The molecule has 1 atom stereocenters. The van der Waals surface area contributed by atoms with Gasteiger partial charge in [0.05, 0.1) is 6.10 Å². The Kier molecular flexibility index (Phi) is 5.09. The summed E-state index contributed by atoms with van der Waals surface area (Å²) in [6, 6.07) is 0.469. The normalized spacial score (nSPS) is 19.1. The smallest absolute Gasteiger partial charge is 0.222 e. The number of hydrogen-bond acceptors (Lipinski definition) is 2. The second-order valence-electron chi connectivity index (χ2n) is 4.51. The summed E-state index contributed by atoms with van der Waals surface area (Å²) in [4.78, 5) is 13.9. The van der Waals surface area contributed by atoms with E-state index < -0.39 is 0 Å². The van der Waals surface area contributed by atoms with E-state index in [4.69, 9.17) is 5.11 Å². The number of nitrogens with zero attached hydrogens (tertiary/aromatic N) is 1. The van der Waals surface area contributed by atoms with Crippen LogP contribution in [0.25, 0.3) is 0 Å². The van der Waals surface area contributed by atoms with Crippen molar-refractivity contribution in [2.45, 2.75) is 64.5 Å². The van der Waals surface area contributed by atoms with Crippen molar-refractivity contribution < 1.29 is 9.90 Å². The van der Waals surface area contributed by atoms with E-state index in [9.17, 15) is 4.79 Å². The van der Waals surface area contributed by atoms with Crippen molar-refractivity contribution in [1.29, 1.82) is 0 Å². The Balaban J connectivity index is 2.39. The highest BCUT2D eigenvalue weighted by Gasteiger charge is 2.24. The van der Waals surface area contributed by atoms with Gasteiger partial charge in [-0.15, -0.1) is 0 Å². The van der Waals surface area contributed by atoms with Gasteiger partial charge in [0.2, 0.25) is 5.91 Å². The van der Waals surface area contributed by atoms with E-state index in [2.05, 4.69) is 0 Å². The molecule has 15 heavy (non-hydrogen) atoms. The highest BCUT2D eigenvalue weighted by molar-refractivity contribution is 5.76. The van der Waals surface area contributed by atoms with E-state index in [0.717, 1.165) is 19.4 Å². The van der Waals surface area contributed by atoms with Gasteiger partial charge in [0.25, 0.3) is 0 Å². The zero-order valence-electron chi connectivity index (χ0n) is 9.91. The van der Waals surface area contributed by atoms with Crippen LogP contribution in [0.3, 0.4) is 0 Å². The maximum Gasteiger partial charge on any atom is 0.222 e. The van der Waals surface area contributed by atoms with E-state index in [0.29, 0.717) is 18.9 Å². The van der Waals surface area contributed by atoms with Crippen LogP contribution in [0.4, 0.5) is 0 Å². The zero-order valence-corrected chi connectivity index (χ0v) is 9.91. The lowest BCUT2D eigenvalue weighted by molar-refractivity contribution is -0.133. The minimum atomic E-state index is -0.365. The number of carbonyl (C=O) groups excluding carboxylic acids is 1. The van der Waals surface area contributed by atoms with E-state index in [1.54, 1.807) is 6.92 Å². The Bertz CT molecular complexity index is 198. The van der Waals surface area contributed by atoms with Crippen molar-refractivity contribution in [2.75, 3.05) is 6.54 Å². The molecule has 1 aliphatic rings. The summed E-state index contributed by atoms with van der Waals surface area (Å²) in [5, 5.41) is 9.15. The van der Waals surface area contributed by atoms with Crippen molar-refractivity contribution in [3.63, 3.8) is 0 Å². The fraction of sp³-hybridized carbons (Fsp3) is 0.917. The quantitative estimate of drug-likeness (QED) is 0.758. The van der Waals surface area contributed by atoms with E-state index >= 15 is 0 Å². The lowest BCUT2D eigenvalue weighted by Crippen LogP contribution is -2.38. The monoisotopic (exact) mass is 213 g/mol. The molecule has 88 valence electrons. The summed E-state index contributed by atoms with van der Waals surface area (Å²) < 4.78 is 0. The van der Waals surface area contributed by atoms with Crippen LogP contribution in [-0.4, -0.2) is 34.6 Å². The zero-order chi connectivity index (χ0) is 11.3. The number of amides is 1. The highest BCUT2D eigenvalue weighted by Crippen LogP contribution is 2.24. The van der Waals surface area contributed by atoms with Crippen molar-refractivity contribution in [3.05, 3.63) is 0 Å². The molecular formula is C12H23NO2. The lowest BCUT2D eigenvalue weighted by atomic mass is 10.1. The first kappa shape index (κ1) is 12.5. The first-order chi connectivity index (χ1) is 7.15. The second-order valence-corrected chi connectivity index (χ2v) is 4.51. The number of rotatable bonds is 5. The van der Waals surface area contributed by atoms with Crippen molar-refractivity contribution in [1.82, 2.24) is 4.90 Å². The molecule has 0 bridgehead atoms. The van der Waals surface area contributed by atoms with Crippen LogP contribution in [0.1, 0.15) is 52.4 Å². The van der Waals surface area contributed by atoms with Gasteiger partial charge in [-0.25, -0.2) is 0 Å². The molecule has 0 aromatic heterocycles. The molecule has 0 heterocycles. The molecular weight excluding hydrogens is 190 g/mol. The average molecular weight is 213 g/mol. The van der Waals surface area contributed by atoms with E-state index in [1.165, 1.54) is 12.8 Å². The number of aliphatic hydroxyl groups excluding tert-OH is 1. The molecule has 0 aromatic rings. The van der Waals surface area contributed by atoms with Crippen LogP contribution >= 0.6 is 0 Å². The third-order valence-electron chi connectivity index (χ3n) is 3.20. The van der Waals surface area contributed by atoms with Crippen LogP contribution in [0.15, 0.2) is 0 Å². The van der Waals surface area contributed by atoms with Gasteiger partial charge in [-0.2, -0.15) is 0 Å². The number of carbonyl (C=O) groups is 1. The van der Waals surface area contributed by atoms with Gasteiger partial charge in [0.1, 0.15) is 0 Å². The molecule has 1 saturated carbocycles. The Hall–Kier alpha value is -0.570. The summed E-state index contributed by atoms with van der Waals surface area (Å²) in [6.45, 7) is 4.58. The Morgan fingerprint density at radius 2 is 2.07 bits per heavy atom. The molecule has 1 rings (SSSR count). The molecule has 1 unspecified atom stereocenters. The molecule has 0 saturated heterocycles. The molecule has 0 radical (unpaired) electrons. The Labute approximate surface area is 92.5 Å². The maximum atomic E-state index is 11.9. The lowest BCUT2D eigenvalue weighted by Gasteiger charge is -2.28. The summed E-state index contributed by atoms with van der Waals surface area (Å²) in [6.07, 6.45) is 5.54. The molecule has 1 amide bonds. The predicted molar refractivity (Wildman–Crippen MR) is 60.6 cm³/mol. The summed E-state index contributed by atoms with van der Waals surface area (Å²) in [7, 11) is 0. The predicted octanol–water partition coefficient (Wildman–Crippen LogP) is 1.94. The average Bonchev–Trinajstić information content (AvgIpc) is 2.69. The van der Waals surface area contributed by atoms with Crippen LogP contribution in [0.5, 0.6) is 0 Å². The van der Waals surface area contributed by atoms with Gasteiger partial charge in [-0.3, -0.25) is 4.79 Å². The highest BCUT2D eigenvalue weighted by atomic mass is 16.3. The largest absolute Gasteiger partial charge is 0.393 e. The molecule has 1 fully saturated rings. The fourth-order valence-corrected chi connectivity index (χ4v) is 2.33. The SMILES string of the molecule is CCN(C(=O)CCC(C)O)C1CCCC1. The van der Waals surface area contributed by atoms with Gasteiger partial charge in [-0.1, -0.05) is 12.8 Å². The number of aliphatic hydroxyl groups is 1. The minimum absolute atomic E-state index is 0.213. The van der Waals surface area contributed by atoms with Crippen LogP contribution in [0.2, 0.25) is 0 Å². The first-order valence-corrected chi connectivity index (χ1v) is 6.12. The second kappa shape index (κ2) is 6.11. The van der Waals surface area contributed by atoms with Crippen molar-refractivity contribution >= 4 is 5.91 Å². The van der Waals surface area contributed by atoms with Gasteiger partial charge in [0.15, 0.2) is 0 Å². The molecule has 1 aliphatic carbocycles. The number of hydrogen-bond donors (Lipinski definition) is 1. The van der Waals surface area contributed by atoms with Crippen LogP contribution in [-0.2, 0) is 4.79 Å². The van der Waals surface area contributed by atoms with Crippen LogP contribution < -0.4 is 0 Å². The van der Waals surface area contributed by atoms with Gasteiger partial charge >= 0.3 is 0 Å².